The predicted molar refractivity (Wildman–Crippen MR) is 111 cm³/mol. The quantitative estimate of drug-likeness (QED) is 0.294. The number of esters is 1. The molecule has 0 bridgehead atoms. The molecule has 1 aromatic rings. The molecule has 0 fully saturated rings. The molecule has 0 amide bonds. The number of carbonyl (C=O) groups excluding carboxylic acids is 1. The summed E-state index contributed by atoms with van der Waals surface area (Å²) in [4.78, 5) is 30.9. The number of carboxylic acid groups (broad SMARTS) is 2. The molecule has 0 radical (unpaired) electrons. The molecule has 28 heavy (non-hydrogen) atoms. The summed E-state index contributed by atoms with van der Waals surface area (Å²) >= 11 is 0. The van der Waals surface area contributed by atoms with Gasteiger partial charge in [0.1, 0.15) is 0 Å². The summed E-state index contributed by atoms with van der Waals surface area (Å²) in [5, 5.41) is 16.2. The zero-order valence-corrected chi connectivity index (χ0v) is 16.4. The average molecular weight is 388 g/mol. The van der Waals surface area contributed by atoms with Crippen molar-refractivity contribution in [1.29, 1.82) is 0 Å². The largest absolute Gasteiger partial charge is 0.478 e. The number of unbranched alkanes of at least 4 members (excludes halogenated alkanes) is 1. The van der Waals surface area contributed by atoms with E-state index in [1.165, 1.54) is 18.6 Å². The Morgan fingerprint density at radius 3 is 2.00 bits per heavy atom. The maximum atomic E-state index is 11.2. The smallest absolute Gasteiger partial charge is 0.337 e. The standard InChI is InChI=1S/C11H16O4.C8H8.C3H4O2/c1-4-5-6-15-11(14)9(3)7-8(2)10(12)13;1-2-8-6-4-3-5-7-8;1-2-3(4)5/h7H,3-6H2,1-2H3,(H,12,13);2-7H,1H2;2H,1H2,(H,4,5). The van der Waals surface area contributed by atoms with Gasteiger partial charge in [0.05, 0.1) is 12.2 Å². The van der Waals surface area contributed by atoms with Crippen LogP contribution in [0, 0.1) is 0 Å². The molecule has 0 unspecified atom stereocenters. The van der Waals surface area contributed by atoms with Crippen LogP contribution in [0.4, 0.5) is 0 Å². The molecular weight excluding hydrogens is 360 g/mol. The summed E-state index contributed by atoms with van der Waals surface area (Å²) in [7, 11) is 0. The lowest BCUT2D eigenvalue weighted by Gasteiger charge is -2.03. The Hall–Kier alpha value is -3.41. The van der Waals surface area contributed by atoms with Crippen molar-refractivity contribution in [1.82, 2.24) is 0 Å². The number of aliphatic carboxylic acids is 2. The number of carbonyl (C=O) groups is 3. The highest BCUT2D eigenvalue weighted by molar-refractivity contribution is 5.94. The third-order valence-corrected chi connectivity index (χ3v) is 2.93. The van der Waals surface area contributed by atoms with E-state index in [0.717, 1.165) is 18.9 Å². The van der Waals surface area contributed by atoms with Gasteiger partial charge in [-0.2, -0.15) is 0 Å². The Bertz CT molecular complexity index is 686. The maximum absolute atomic E-state index is 11.2. The average Bonchev–Trinajstić information content (AvgIpc) is 2.69. The van der Waals surface area contributed by atoms with Crippen molar-refractivity contribution in [2.24, 2.45) is 0 Å². The van der Waals surface area contributed by atoms with Gasteiger partial charge in [0, 0.05) is 11.6 Å². The highest BCUT2D eigenvalue weighted by Gasteiger charge is 2.08. The van der Waals surface area contributed by atoms with Gasteiger partial charge in [0.15, 0.2) is 0 Å². The summed E-state index contributed by atoms with van der Waals surface area (Å²) in [6.07, 6.45) is 5.60. The van der Waals surface area contributed by atoms with Crippen molar-refractivity contribution in [2.75, 3.05) is 6.61 Å². The van der Waals surface area contributed by atoms with Crippen LogP contribution in [0.1, 0.15) is 32.3 Å². The van der Waals surface area contributed by atoms with Crippen LogP contribution in [-0.2, 0) is 19.1 Å². The van der Waals surface area contributed by atoms with Gasteiger partial charge in [-0.15, -0.1) is 0 Å². The van der Waals surface area contributed by atoms with Crippen molar-refractivity contribution in [3.05, 3.63) is 78.9 Å². The fourth-order valence-corrected chi connectivity index (χ4v) is 1.37. The van der Waals surface area contributed by atoms with Gasteiger partial charge in [-0.3, -0.25) is 0 Å². The van der Waals surface area contributed by atoms with E-state index in [1.54, 1.807) is 0 Å². The van der Waals surface area contributed by atoms with Crippen molar-refractivity contribution in [2.45, 2.75) is 26.7 Å². The summed E-state index contributed by atoms with van der Waals surface area (Å²) in [6, 6.07) is 10.0. The minimum absolute atomic E-state index is 0.0611. The van der Waals surface area contributed by atoms with Crippen LogP contribution in [0.25, 0.3) is 6.08 Å². The molecule has 0 aromatic heterocycles. The van der Waals surface area contributed by atoms with Crippen LogP contribution in [-0.4, -0.2) is 34.7 Å². The molecule has 1 aromatic carbocycles. The van der Waals surface area contributed by atoms with Crippen molar-refractivity contribution in [3.63, 3.8) is 0 Å². The summed E-state index contributed by atoms with van der Waals surface area (Å²) in [6.45, 7) is 13.8. The van der Waals surface area contributed by atoms with E-state index in [4.69, 9.17) is 14.9 Å². The van der Waals surface area contributed by atoms with Crippen LogP contribution in [0.3, 0.4) is 0 Å². The Morgan fingerprint density at radius 1 is 1.11 bits per heavy atom. The lowest BCUT2D eigenvalue weighted by Crippen LogP contribution is -2.08. The second-order valence-corrected chi connectivity index (χ2v) is 5.30. The van der Waals surface area contributed by atoms with Crippen LogP contribution >= 0.6 is 0 Å². The second-order valence-electron chi connectivity index (χ2n) is 5.30. The molecule has 0 heterocycles. The molecule has 6 nitrogen and oxygen atoms in total. The predicted octanol–water partition coefficient (Wildman–Crippen LogP) is 4.50. The van der Waals surface area contributed by atoms with Crippen LogP contribution in [0.15, 0.2) is 73.4 Å². The van der Waals surface area contributed by atoms with Crippen LogP contribution < -0.4 is 0 Å². The number of ether oxygens (including phenoxy) is 1. The van der Waals surface area contributed by atoms with Crippen LogP contribution in [0.2, 0.25) is 0 Å². The fourth-order valence-electron chi connectivity index (χ4n) is 1.37. The lowest BCUT2D eigenvalue weighted by atomic mass is 10.2. The van der Waals surface area contributed by atoms with Gasteiger partial charge in [-0.05, 0) is 25.0 Å². The van der Waals surface area contributed by atoms with E-state index in [0.29, 0.717) is 6.61 Å². The molecule has 0 aliphatic rings. The Labute approximate surface area is 166 Å². The summed E-state index contributed by atoms with van der Waals surface area (Å²) in [5.41, 5.74) is 1.30. The zero-order valence-electron chi connectivity index (χ0n) is 16.4. The van der Waals surface area contributed by atoms with Crippen molar-refractivity contribution < 1.29 is 29.3 Å². The van der Waals surface area contributed by atoms with Gasteiger partial charge in [-0.25, -0.2) is 14.4 Å². The first-order chi connectivity index (χ1) is 13.2. The number of carboxylic acids is 2. The Balaban J connectivity index is 0. The van der Waals surface area contributed by atoms with Gasteiger partial charge in [0.25, 0.3) is 0 Å². The molecule has 2 N–H and O–H groups in total. The van der Waals surface area contributed by atoms with Gasteiger partial charge in [-0.1, -0.05) is 69.5 Å². The first-order valence-electron chi connectivity index (χ1n) is 8.49. The highest BCUT2D eigenvalue weighted by atomic mass is 16.5. The Kier molecular flexibility index (Phi) is 16.3. The molecule has 0 spiro atoms. The molecular formula is C22H28O6. The van der Waals surface area contributed by atoms with Crippen LogP contribution in [0.5, 0.6) is 0 Å². The van der Waals surface area contributed by atoms with E-state index in [1.807, 2.05) is 43.3 Å². The molecule has 0 saturated carbocycles. The maximum Gasteiger partial charge on any atom is 0.337 e. The molecule has 6 heteroatoms. The third-order valence-electron chi connectivity index (χ3n) is 2.93. The van der Waals surface area contributed by atoms with E-state index in [2.05, 4.69) is 19.7 Å². The van der Waals surface area contributed by atoms with Gasteiger partial charge in [0.2, 0.25) is 0 Å². The van der Waals surface area contributed by atoms with Crippen molar-refractivity contribution in [3.8, 4) is 0 Å². The first-order valence-corrected chi connectivity index (χ1v) is 8.49. The monoisotopic (exact) mass is 388 g/mol. The minimum atomic E-state index is -1.07. The number of rotatable bonds is 8. The Morgan fingerprint density at radius 2 is 1.64 bits per heavy atom. The summed E-state index contributed by atoms with van der Waals surface area (Å²) in [5.74, 6) is -2.62. The van der Waals surface area contributed by atoms with E-state index >= 15 is 0 Å². The molecule has 0 aliphatic carbocycles. The van der Waals surface area contributed by atoms with Gasteiger partial charge < -0.3 is 14.9 Å². The molecule has 0 aliphatic heterocycles. The van der Waals surface area contributed by atoms with E-state index in [9.17, 15) is 14.4 Å². The summed E-state index contributed by atoms with van der Waals surface area (Å²) < 4.78 is 4.85. The normalized spacial score (nSPS) is 9.43. The number of hydrogen-bond donors (Lipinski definition) is 2. The molecule has 1 rings (SSSR count). The first kappa shape index (κ1) is 26.8. The SMILES string of the molecule is C=C(C=C(C)C(=O)O)C(=O)OCCCC.C=CC(=O)O.C=Cc1ccccc1. The second kappa shape index (κ2) is 17.0. The van der Waals surface area contributed by atoms with E-state index < -0.39 is 17.9 Å². The van der Waals surface area contributed by atoms with Gasteiger partial charge >= 0.3 is 17.9 Å². The molecule has 152 valence electrons. The lowest BCUT2D eigenvalue weighted by molar-refractivity contribution is -0.138. The third kappa shape index (κ3) is 16.1. The number of hydrogen-bond acceptors (Lipinski definition) is 4. The molecule has 0 atom stereocenters. The zero-order chi connectivity index (χ0) is 21.9. The fraction of sp³-hybridized carbons (Fsp3) is 0.227. The number of benzene rings is 1. The topological polar surface area (TPSA) is 101 Å². The van der Waals surface area contributed by atoms with Crippen molar-refractivity contribution >= 4 is 24.0 Å². The highest BCUT2D eigenvalue weighted by Crippen LogP contribution is 2.03. The minimum Gasteiger partial charge on any atom is -0.478 e. The molecule has 0 saturated heterocycles. The van der Waals surface area contributed by atoms with E-state index in [-0.39, 0.29) is 11.1 Å².